The molecule has 238 valence electrons. The quantitative estimate of drug-likeness (QED) is 0.192. The molecular formula is C33H40F3N3O4S. The molecule has 3 aliphatic heterocycles. The van der Waals surface area contributed by atoms with Crippen molar-refractivity contribution in [1.29, 1.82) is 0 Å². The summed E-state index contributed by atoms with van der Waals surface area (Å²) in [5.41, 5.74) is 2.81. The number of unbranched alkanes of at least 4 members (excludes halogenated alkanes) is 1. The Labute approximate surface area is 261 Å². The lowest BCUT2D eigenvalue weighted by Gasteiger charge is -2.56. The number of rotatable bonds is 12. The first-order valence-corrected chi connectivity index (χ1v) is 16.0. The minimum Gasteiger partial charge on any atom is -0.476 e. The second-order valence-electron chi connectivity index (χ2n) is 11.9. The molecule has 1 aliphatic carbocycles. The van der Waals surface area contributed by atoms with Gasteiger partial charge in [0.05, 0.1) is 23.3 Å². The largest absolute Gasteiger partial charge is 0.476 e. The number of hydrogen-bond donors (Lipinski definition) is 1. The highest BCUT2D eigenvalue weighted by Crippen LogP contribution is 2.56. The van der Waals surface area contributed by atoms with E-state index in [2.05, 4.69) is 29.4 Å². The predicted molar refractivity (Wildman–Crippen MR) is 165 cm³/mol. The number of carbonyl (C=O) groups is 1. The Bertz CT molecular complexity index is 1410. The zero-order valence-electron chi connectivity index (χ0n) is 25.7. The SMILES string of the molecule is CCCCN1C2OC1(C1(CSc3ccc(OC(C)(C)C(=O)OCC)c(C)c3)C=CC=CC1)NN2c1ccc(C(F)(F)F)cc1. The van der Waals surface area contributed by atoms with E-state index in [1.165, 1.54) is 12.1 Å². The van der Waals surface area contributed by atoms with Crippen molar-refractivity contribution in [2.75, 3.05) is 23.9 Å². The van der Waals surface area contributed by atoms with Crippen molar-refractivity contribution >= 4 is 23.4 Å². The van der Waals surface area contributed by atoms with Gasteiger partial charge >= 0.3 is 12.1 Å². The van der Waals surface area contributed by atoms with Crippen molar-refractivity contribution in [2.45, 2.75) is 82.8 Å². The van der Waals surface area contributed by atoms with Crippen LogP contribution in [0.2, 0.25) is 0 Å². The number of hydrogen-bond acceptors (Lipinski definition) is 8. The topological polar surface area (TPSA) is 63.3 Å². The molecule has 2 aromatic carbocycles. The highest BCUT2D eigenvalue weighted by atomic mass is 32.2. The number of alkyl halides is 3. The lowest BCUT2D eigenvalue weighted by Crippen LogP contribution is -2.73. The van der Waals surface area contributed by atoms with Crippen molar-refractivity contribution in [3.8, 4) is 5.75 Å². The molecule has 6 rings (SSSR count). The maximum Gasteiger partial charge on any atom is 0.416 e. The first kappa shape index (κ1) is 32.4. The Balaban J connectivity index is 1.38. The number of thioether (sulfide) groups is 1. The van der Waals surface area contributed by atoms with Gasteiger partial charge < -0.3 is 14.2 Å². The van der Waals surface area contributed by atoms with Gasteiger partial charge in [0.1, 0.15) is 5.75 Å². The zero-order chi connectivity index (χ0) is 31.8. The lowest BCUT2D eigenvalue weighted by atomic mass is 9.76. The van der Waals surface area contributed by atoms with E-state index in [0.29, 0.717) is 23.6 Å². The fourth-order valence-electron chi connectivity index (χ4n) is 5.79. The van der Waals surface area contributed by atoms with Gasteiger partial charge in [0.25, 0.3) is 0 Å². The predicted octanol–water partition coefficient (Wildman–Crippen LogP) is 7.42. The van der Waals surface area contributed by atoms with Crippen molar-refractivity contribution < 1.29 is 32.2 Å². The average molecular weight is 632 g/mol. The van der Waals surface area contributed by atoms with Crippen LogP contribution in [-0.4, -0.2) is 47.6 Å². The molecule has 3 heterocycles. The molecule has 0 radical (unpaired) electrons. The summed E-state index contributed by atoms with van der Waals surface area (Å²) in [7, 11) is 0. The summed E-state index contributed by atoms with van der Waals surface area (Å²) < 4.78 is 57.6. The molecule has 3 atom stereocenters. The molecule has 0 saturated carbocycles. The summed E-state index contributed by atoms with van der Waals surface area (Å²) >= 11 is 1.70. The van der Waals surface area contributed by atoms with E-state index >= 15 is 0 Å². The minimum absolute atomic E-state index is 0.282. The van der Waals surface area contributed by atoms with E-state index in [1.54, 1.807) is 32.5 Å². The van der Waals surface area contributed by atoms with E-state index in [9.17, 15) is 18.0 Å². The Hall–Kier alpha value is -2.99. The second kappa shape index (κ2) is 12.4. The molecule has 2 aromatic rings. The summed E-state index contributed by atoms with van der Waals surface area (Å²) in [4.78, 5) is 15.7. The molecule has 0 spiro atoms. The number of nitrogens with zero attached hydrogens (tertiary/aromatic N) is 2. The molecular weight excluding hydrogens is 591 g/mol. The molecule has 0 amide bonds. The maximum absolute atomic E-state index is 13.2. The third kappa shape index (κ3) is 5.99. The number of aryl methyl sites for hydroxylation is 1. The Morgan fingerprint density at radius 1 is 1.14 bits per heavy atom. The van der Waals surface area contributed by atoms with Crippen LogP contribution in [0.1, 0.15) is 58.1 Å². The lowest BCUT2D eigenvalue weighted by molar-refractivity contribution is -0.351. The number of benzene rings is 2. The molecule has 7 nitrogen and oxygen atoms in total. The Morgan fingerprint density at radius 2 is 1.89 bits per heavy atom. The van der Waals surface area contributed by atoms with Gasteiger partial charge in [-0.15, -0.1) is 11.8 Å². The molecule has 3 saturated heterocycles. The normalized spacial score (nSPS) is 24.8. The van der Waals surface area contributed by atoms with Crippen LogP contribution in [-0.2, 0) is 20.4 Å². The number of anilines is 1. The Kier molecular flexibility index (Phi) is 9.15. The molecule has 44 heavy (non-hydrogen) atoms. The molecule has 1 N–H and O–H groups in total. The first-order chi connectivity index (χ1) is 20.9. The van der Waals surface area contributed by atoms with E-state index < -0.39 is 40.9 Å². The van der Waals surface area contributed by atoms with Crippen LogP contribution >= 0.6 is 11.8 Å². The zero-order valence-corrected chi connectivity index (χ0v) is 26.6. The van der Waals surface area contributed by atoms with Crippen LogP contribution in [0, 0.1) is 12.3 Å². The van der Waals surface area contributed by atoms with Gasteiger partial charge in [-0.2, -0.15) is 18.6 Å². The number of halogens is 3. The number of fused-ring (bicyclic) bond motifs is 1. The van der Waals surface area contributed by atoms with Crippen molar-refractivity contribution in [2.24, 2.45) is 5.41 Å². The summed E-state index contributed by atoms with van der Waals surface area (Å²) in [6, 6.07) is 11.1. The van der Waals surface area contributed by atoms with Crippen LogP contribution in [0.25, 0.3) is 0 Å². The van der Waals surface area contributed by atoms with Crippen LogP contribution in [0.15, 0.2) is 71.7 Å². The summed E-state index contributed by atoms with van der Waals surface area (Å²) in [6.07, 6.45) is 6.22. The fraction of sp³-hybridized carbons (Fsp3) is 0.485. The van der Waals surface area contributed by atoms with Crippen molar-refractivity contribution in [3.05, 3.63) is 77.9 Å². The molecule has 11 heteroatoms. The van der Waals surface area contributed by atoms with E-state index in [4.69, 9.17) is 14.2 Å². The molecule has 2 bridgehead atoms. The van der Waals surface area contributed by atoms with Gasteiger partial charge in [0.2, 0.25) is 12.2 Å². The third-order valence-corrected chi connectivity index (χ3v) is 9.51. The molecule has 3 unspecified atom stereocenters. The smallest absolute Gasteiger partial charge is 0.416 e. The Morgan fingerprint density at radius 3 is 2.50 bits per heavy atom. The summed E-state index contributed by atoms with van der Waals surface area (Å²) in [6.45, 7) is 10.3. The standard InChI is InChI=1S/C33H40F3N3O4S/c1-6-8-20-38-29-39(25-14-12-24(13-15-25)32(34,35)36)37-33(38,43-29)31(18-10-9-11-19-31)22-44-26-16-17-27(23(3)21-26)42-30(4,5)28(40)41-7-2/h9-18,21,29,37H,6-8,19-20,22H2,1-5H3. The van der Waals surface area contributed by atoms with Crippen LogP contribution in [0.4, 0.5) is 18.9 Å². The third-order valence-electron chi connectivity index (χ3n) is 8.26. The number of allylic oxidation sites excluding steroid dienone is 3. The number of hydrazine groups is 1. The van der Waals surface area contributed by atoms with Crippen molar-refractivity contribution in [3.63, 3.8) is 0 Å². The van der Waals surface area contributed by atoms with Crippen molar-refractivity contribution in [1.82, 2.24) is 10.3 Å². The number of ether oxygens (including phenoxy) is 3. The van der Waals surface area contributed by atoms with E-state index in [-0.39, 0.29) is 6.61 Å². The molecule has 0 aromatic heterocycles. The van der Waals surface area contributed by atoms with Crippen LogP contribution in [0.3, 0.4) is 0 Å². The van der Waals surface area contributed by atoms with Gasteiger partial charge in [0.15, 0.2) is 5.60 Å². The van der Waals surface area contributed by atoms with Gasteiger partial charge in [-0.25, -0.2) is 9.69 Å². The maximum atomic E-state index is 13.2. The number of carbonyl (C=O) groups excluding carboxylic acids is 1. The highest BCUT2D eigenvalue weighted by molar-refractivity contribution is 7.99. The number of esters is 1. The van der Waals surface area contributed by atoms with Gasteiger partial charge in [-0.05, 0) is 88.6 Å². The minimum atomic E-state index is -4.40. The second-order valence-corrected chi connectivity index (χ2v) is 12.9. The monoisotopic (exact) mass is 631 g/mol. The van der Waals surface area contributed by atoms with Gasteiger partial charge in [-0.3, -0.25) is 5.01 Å². The van der Waals surface area contributed by atoms with Gasteiger partial charge in [0, 0.05) is 17.2 Å². The van der Waals surface area contributed by atoms with Crippen LogP contribution < -0.4 is 15.2 Å². The van der Waals surface area contributed by atoms with E-state index in [0.717, 1.165) is 42.0 Å². The highest BCUT2D eigenvalue weighted by Gasteiger charge is 2.71. The van der Waals surface area contributed by atoms with Gasteiger partial charge in [-0.1, -0.05) is 37.6 Å². The average Bonchev–Trinajstić information content (AvgIpc) is 3.55. The summed E-state index contributed by atoms with van der Waals surface area (Å²) in [5, 5.41) is 1.84. The van der Waals surface area contributed by atoms with E-state index in [1.807, 2.05) is 42.3 Å². The molecule has 4 aliphatic rings. The number of nitrogens with one attached hydrogen (secondary N) is 1. The molecule has 3 fully saturated rings. The fourth-order valence-corrected chi connectivity index (χ4v) is 7.04. The van der Waals surface area contributed by atoms with Crippen LogP contribution in [0.5, 0.6) is 5.75 Å². The first-order valence-electron chi connectivity index (χ1n) is 15.0. The summed E-state index contributed by atoms with van der Waals surface area (Å²) in [5.74, 6) is -0.00455.